The molecule has 0 radical (unpaired) electrons. The first-order valence-corrected chi connectivity index (χ1v) is 9.38. The Morgan fingerprint density at radius 2 is 1.81 bits per heavy atom. The third-order valence-corrected chi connectivity index (χ3v) is 4.98. The summed E-state index contributed by atoms with van der Waals surface area (Å²) in [6.07, 6.45) is 1.88. The number of imidazole rings is 1. The summed E-state index contributed by atoms with van der Waals surface area (Å²) < 4.78 is 7.51. The number of rotatable bonds is 4. The summed E-state index contributed by atoms with van der Waals surface area (Å²) in [7, 11) is 0. The maximum absolute atomic E-state index is 13.2. The number of ether oxygens (including phenoxy) is 1. The molecular weight excluding hydrogens is 340 g/mol. The highest BCUT2D eigenvalue weighted by molar-refractivity contribution is 5.95. The van der Waals surface area contributed by atoms with E-state index >= 15 is 0 Å². The van der Waals surface area contributed by atoms with Crippen LogP contribution in [0.5, 0.6) is 5.75 Å². The van der Waals surface area contributed by atoms with Crippen molar-refractivity contribution < 1.29 is 9.53 Å². The maximum Gasteiger partial charge on any atom is 0.272 e. The standard InChI is InChI=1S/C21H24N4O2/c1-3-27-18-10-7-11-25-19(16(2)22-20(18)25)21(26)24-14-12-23(13-15-24)17-8-5-4-6-9-17/h4-11H,3,12-15H2,1-2H3. The second kappa shape index (κ2) is 7.31. The zero-order chi connectivity index (χ0) is 18.8. The van der Waals surface area contributed by atoms with Crippen molar-refractivity contribution in [3.63, 3.8) is 0 Å². The highest BCUT2D eigenvalue weighted by Crippen LogP contribution is 2.24. The smallest absolute Gasteiger partial charge is 0.272 e. The lowest BCUT2D eigenvalue weighted by atomic mass is 10.2. The number of anilines is 1. The molecule has 0 bridgehead atoms. The van der Waals surface area contributed by atoms with Crippen molar-refractivity contribution in [3.8, 4) is 5.75 Å². The highest BCUT2D eigenvalue weighted by Gasteiger charge is 2.27. The van der Waals surface area contributed by atoms with Gasteiger partial charge < -0.3 is 14.5 Å². The first-order chi connectivity index (χ1) is 13.2. The number of fused-ring (bicyclic) bond motifs is 1. The number of amides is 1. The van der Waals surface area contributed by atoms with Gasteiger partial charge in [0.15, 0.2) is 11.4 Å². The predicted molar refractivity (Wildman–Crippen MR) is 106 cm³/mol. The van der Waals surface area contributed by atoms with Crippen LogP contribution in [-0.4, -0.2) is 53.0 Å². The molecule has 6 heteroatoms. The molecule has 1 saturated heterocycles. The van der Waals surface area contributed by atoms with Gasteiger partial charge in [-0.05, 0) is 38.1 Å². The monoisotopic (exact) mass is 364 g/mol. The number of carbonyl (C=O) groups is 1. The van der Waals surface area contributed by atoms with Gasteiger partial charge >= 0.3 is 0 Å². The number of pyridine rings is 1. The number of hydrogen-bond acceptors (Lipinski definition) is 4. The van der Waals surface area contributed by atoms with Crippen molar-refractivity contribution in [2.24, 2.45) is 0 Å². The fourth-order valence-corrected chi connectivity index (χ4v) is 3.64. The lowest BCUT2D eigenvalue weighted by Gasteiger charge is -2.36. The minimum Gasteiger partial charge on any atom is -0.490 e. The van der Waals surface area contributed by atoms with Gasteiger partial charge in [0.1, 0.15) is 5.69 Å². The first kappa shape index (κ1) is 17.4. The van der Waals surface area contributed by atoms with Crippen LogP contribution in [0.3, 0.4) is 0 Å². The summed E-state index contributed by atoms with van der Waals surface area (Å²) >= 11 is 0. The second-order valence-corrected chi connectivity index (χ2v) is 6.66. The molecule has 1 aliphatic rings. The van der Waals surface area contributed by atoms with Crippen LogP contribution < -0.4 is 9.64 Å². The van der Waals surface area contributed by atoms with E-state index in [0.717, 1.165) is 18.8 Å². The molecule has 0 unspecified atom stereocenters. The van der Waals surface area contributed by atoms with E-state index in [9.17, 15) is 4.79 Å². The Balaban J connectivity index is 1.55. The van der Waals surface area contributed by atoms with Crippen molar-refractivity contribution in [2.75, 3.05) is 37.7 Å². The molecule has 1 aromatic carbocycles. The van der Waals surface area contributed by atoms with Crippen LogP contribution in [0, 0.1) is 6.92 Å². The Morgan fingerprint density at radius 1 is 1.07 bits per heavy atom. The third-order valence-electron chi connectivity index (χ3n) is 4.98. The van der Waals surface area contributed by atoms with E-state index in [-0.39, 0.29) is 5.91 Å². The number of para-hydroxylation sites is 1. The van der Waals surface area contributed by atoms with Crippen LogP contribution in [0.1, 0.15) is 23.1 Å². The molecule has 0 atom stereocenters. The van der Waals surface area contributed by atoms with Gasteiger partial charge in [-0.25, -0.2) is 4.98 Å². The molecule has 140 valence electrons. The quantitative estimate of drug-likeness (QED) is 0.714. The van der Waals surface area contributed by atoms with Crippen LogP contribution in [0.25, 0.3) is 5.65 Å². The molecule has 27 heavy (non-hydrogen) atoms. The van der Waals surface area contributed by atoms with Gasteiger partial charge in [0, 0.05) is 38.1 Å². The molecular formula is C21H24N4O2. The molecule has 3 heterocycles. The second-order valence-electron chi connectivity index (χ2n) is 6.66. The summed E-state index contributed by atoms with van der Waals surface area (Å²) in [4.78, 5) is 22.0. The molecule has 4 rings (SSSR count). The number of carbonyl (C=O) groups excluding carboxylic acids is 1. The van der Waals surface area contributed by atoms with Gasteiger partial charge in [-0.1, -0.05) is 18.2 Å². The van der Waals surface area contributed by atoms with Crippen LogP contribution >= 0.6 is 0 Å². The Labute approximate surface area is 159 Å². The number of aryl methyl sites for hydroxylation is 1. The molecule has 0 saturated carbocycles. The molecule has 0 N–H and O–H groups in total. The molecule has 1 aliphatic heterocycles. The predicted octanol–water partition coefficient (Wildman–Crippen LogP) is 3.00. The van der Waals surface area contributed by atoms with Crippen molar-refractivity contribution >= 4 is 17.2 Å². The van der Waals surface area contributed by atoms with Gasteiger partial charge in [0.25, 0.3) is 5.91 Å². The SMILES string of the molecule is CCOc1cccn2c(C(=O)N3CCN(c4ccccc4)CC3)c(C)nc12. The van der Waals surface area contributed by atoms with Gasteiger partial charge in [-0.15, -0.1) is 0 Å². The van der Waals surface area contributed by atoms with Crippen molar-refractivity contribution in [1.82, 2.24) is 14.3 Å². The lowest BCUT2D eigenvalue weighted by Crippen LogP contribution is -2.49. The van der Waals surface area contributed by atoms with E-state index < -0.39 is 0 Å². The molecule has 1 amide bonds. The van der Waals surface area contributed by atoms with E-state index in [0.29, 0.717) is 36.8 Å². The van der Waals surface area contributed by atoms with Crippen molar-refractivity contribution in [1.29, 1.82) is 0 Å². The third kappa shape index (κ3) is 3.23. The summed E-state index contributed by atoms with van der Waals surface area (Å²) in [5, 5.41) is 0. The van der Waals surface area contributed by atoms with Crippen molar-refractivity contribution in [3.05, 3.63) is 60.0 Å². The fraction of sp³-hybridized carbons (Fsp3) is 0.333. The Morgan fingerprint density at radius 3 is 2.52 bits per heavy atom. The van der Waals surface area contributed by atoms with Crippen LogP contribution in [0.15, 0.2) is 48.7 Å². The summed E-state index contributed by atoms with van der Waals surface area (Å²) in [6.45, 7) is 7.45. The van der Waals surface area contributed by atoms with Crippen LogP contribution in [-0.2, 0) is 0 Å². The van der Waals surface area contributed by atoms with Gasteiger partial charge in [0.2, 0.25) is 0 Å². The molecule has 1 fully saturated rings. The highest BCUT2D eigenvalue weighted by atomic mass is 16.5. The number of aromatic nitrogens is 2. The van der Waals surface area contributed by atoms with Gasteiger partial charge in [-0.3, -0.25) is 9.20 Å². The summed E-state index contributed by atoms with van der Waals surface area (Å²) in [5.74, 6) is 0.734. The molecule has 2 aromatic heterocycles. The molecule has 0 aliphatic carbocycles. The molecule has 0 spiro atoms. The largest absolute Gasteiger partial charge is 0.490 e. The van der Waals surface area contributed by atoms with E-state index in [1.165, 1.54) is 5.69 Å². The minimum atomic E-state index is 0.0290. The average molecular weight is 364 g/mol. The summed E-state index contributed by atoms with van der Waals surface area (Å²) in [6, 6.07) is 14.1. The van der Waals surface area contributed by atoms with Crippen LogP contribution in [0.4, 0.5) is 5.69 Å². The Bertz CT molecular complexity index is 943. The van der Waals surface area contributed by atoms with E-state index in [4.69, 9.17) is 4.74 Å². The number of nitrogens with zero attached hydrogens (tertiary/aromatic N) is 4. The maximum atomic E-state index is 13.2. The number of benzene rings is 1. The summed E-state index contributed by atoms with van der Waals surface area (Å²) in [5.41, 5.74) is 3.26. The van der Waals surface area contributed by atoms with E-state index in [1.807, 2.05) is 59.7 Å². The van der Waals surface area contributed by atoms with Gasteiger partial charge in [0.05, 0.1) is 12.3 Å². The normalized spacial score (nSPS) is 14.6. The molecule has 3 aromatic rings. The minimum absolute atomic E-state index is 0.0290. The number of hydrogen-bond donors (Lipinski definition) is 0. The van der Waals surface area contributed by atoms with Crippen molar-refractivity contribution in [2.45, 2.75) is 13.8 Å². The zero-order valence-corrected chi connectivity index (χ0v) is 15.8. The van der Waals surface area contributed by atoms with E-state index in [2.05, 4.69) is 22.0 Å². The Hall–Kier alpha value is -3.02. The first-order valence-electron chi connectivity index (χ1n) is 9.38. The Kier molecular flexibility index (Phi) is 4.71. The van der Waals surface area contributed by atoms with Gasteiger partial charge in [-0.2, -0.15) is 0 Å². The number of piperazine rings is 1. The fourth-order valence-electron chi connectivity index (χ4n) is 3.64. The topological polar surface area (TPSA) is 50.1 Å². The lowest BCUT2D eigenvalue weighted by molar-refractivity contribution is 0.0739. The zero-order valence-electron chi connectivity index (χ0n) is 15.8. The average Bonchev–Trinajstić information content (AvgIpc) is 3.05. The van der Waals surface area contributed by atoms with Crippen LogP contribution in [0.2, 0.25) is 0 Å². The molecule has 6 nitrogen and oxygen atoms in total. The van der Waals surface area contributed by atoms with E-state index in [1.54, 1.807) is 0 Å².